The number of nitrogens with one attached hydrogen (secondary N) is 1. The Kier molecular flexibility index (Phi) is 4.94. The number of aliphatic imine (C=N–C) groups is 1. The van der Waals surface area contributed by atoms with Gasteiger partial charge in [-0.25, -0.2) is 4.39 Å². The minimum absolute atomic E-state index is 0.230. The molecular formula is C18H23FN2. The third-order valence-electron chi connectivity index (χ3n) is 3.54. The van der Waals surface area contributed by atoms with Crippen LogP contribution in [0.25, 0.3) is 0 Å². The number of rotatable bonds is 6. The van der Waals surface area contributed by atoms with Gasteiger partial charge in [0.15, 0.2) is 0 Å². The second-order valence-electron chi connectivity index (χ2n) is 5.66. The quantitative estimate of drug-likeness (QED) is 0.580. The Hall–Kier alpha value is -1.90. The summed E-state index contributed by atoms with van der Waals surface area (Å²) >= 11 is 0. The van der Waals surface area contributed by atoms with Crippen molar-refractivity contribution in [2.75, 3.05) is 5.32 Å². The molecule has 1 aliphatic carbocycles. The highest BCUT2D eigenvalue weighted by molar-refractivity contribution is 5.78. The van der Waals surface area contributed by atoms with E-state index >= 15 is 0 Å². The van der Waals surface area contributed by atoms with E-state index in [0.717, 1.165) is 11.4 Å². The lowest BCUT2D eigenvalue weighted by Crippen LogP contribution is -2.34. The van der Waals surface area contributed by atoms with Crippen LogP contribution in [0.4, 0.5) is 10.1 Å². The maximum atomic E-state index is 13.0. The molecule has 0 saturated heterocycles. The highest BCUT2D eigenvalue weighted by Crippen LogP contribution is 2.37. The summed E-state index contributed by atoms with van der Waals surface area (Å²) in [5.74, 6) is 0.402. The summed E-state index contributed by atoms with van der Waals surface area (Å²) in [7, 11) is 0. The Morgan fingerprint density at radius 1 is 1.29 bits per heavy atom. The summed E-state index contributed by atoms with van der Waals surface area (Å²) in [6, 6.07) is 6.39. The molecule has 21 heavy (non-hydrogen) atoms. The van der Waals surface area contributed by atoms with Crippen molar-refractivity contribution >= 4 is 11.9 Å². The van der Waals surface area contributed by atoms with Gasteiger partial charge in [-0.05, 0) is 57.9 Å². The van der Waals surface area contributed by atoms with Crippen LogP contribution in [0.5, 0.6) is 0 Å². The zero-order valence-corrected chi connectivity index (χ0v) is 12.9. The van der Waals surface area contributed by atoms with E-state index in [1.165, 1.54) is 25.0 Å². The monoisotopic (exact) mass is 286 g/mol. The van der Waals surface area contributed by atoms with Gasteiger partial charge >= 0.3 is 0 Å². The van der Waals surface area contributed by atoms with E-state index in [9.17, 15) is 4.39 Å². The van der Waals surface area contributed by atoms with Crippen molar-refractivity contribution in [3.05, 3.63) is 54.0 Å². The van der Waals surface area contributed by atoms with Gasteiger partial charge in [0, 0.05) is 23.5 Å². The minimum atomic E-state index is -0.393. The lowest BCUT2D eigenvalue weighted by atomic mass is 10.0. The molecule has 0 bridgehead atoms. The maximum absolute atomic E-state index is 13.0. The van der Waals surface area contributed by atoms with Gasteiger partial charge in [0.05, 0.1) is 5.54 Å². The number of allylic oxidation sites excluding steroid dienone is 3. The van der Waals surface area contributed by atoms with Gasteiger partial charge < -0.3 is 5.32 Å². The van der Waals surface area contributed by atoms with E-state index in [4.69, 9.17) is 0 Å². The fourth-order valence-corrected chi connectivity index (χ4v) is 2.31. The zero-order valence-electron chi connectivity index (χ0n) is 12.9. The molecule has 0 amide bonds. The molecule has 1 saturated carbocycles. The molecule has 2 rings (SSSR count). The Labute approximate surface area is 126 Å². The lowest BCUT2D eigenvalue weighted by molar-refractivity contribution is 0.628. The third kappa shape index (κ3) is 4.55. The van der Waals surface area contributed by atoms with Crippen LogP contribution < -0.4 is 5.32 Å². The molecule has 1 N–H and O–H groups in total. The van der Waals surface area contributed by atoms with Gasteiger partial charge in [-0.2, -0.15) is 0 Å². The average Bonchev–Trinajstić information content (AvgIpc) is 3.27. The van der Waals surface area contributed by atoms with E-state index in [0.29, 0.717) is 5.92 Å². The van der Waals surface area contributed by atoms with Crippen LogP contribution in [0.2, 0.25) is 0 Å². The molecule has 0 aliphatic heterocycles. The molecule has 0 radical (unpaired) electrons. The first kappa shape index (κ1) is 15.5. The molecule has 2 nitrogen and oxygen atoms in total. The SMILES string of the molecule is C/C=C\C(C)(C=N/C(=C\C)C1CC1)Nc1ccc(F)cc1. The Bertz CT molecular complexity index is 553. The zero-order chi connectivity index (χ0) is 15.3. The van der Waals surface area contributed by atoms with E-state index < -0.39 is 5.54 Å². The Balaban J connectivity index is 2.15. The van der Waals surface area contributed by atoms with Gasteiger partial charge in [-0.15, -0.1) is 0 Å². The maximum Gasteiger partial charge on any atom is 0.123 e. The molecular weight excluding hydrogens is 263 g/mol. The van der Waals surface area contributed by atoms with Gasteiger partial charge in [-0.3, -0.25) is 4.99 Å². The molecule has 0 heterocycles. The number of nitrogens with zero attached hydrogens (tertiary/aromatic N) is 1. The number of anilines is 1. The van der Waals surface area contributed by atoms with Crippen LogP contribution in [0.3, 0.4) is 0 Å². The van der Waals surface area contributed by atoms with Crippen LogP contribution in [0.1, 0.15) is 33.6 Å². The standard InChI is InChI=1S/C18H23FN2/c1-4-12-18(3,13-20-17(5-2)14-6-7-14)21-16-10-8-15(19)9-11-16/h4-5,8-14,21H,6-7H2,1-3H3/b12-4-,17-5-,20-13?. The highest BCUT2D eigenvalue weighted by Gasteiger charge is 2.26. The van der Waals surface area contributed by atoms with Crippen molar-refractivity contribution in [3.8, 4) is 0 Å². The van der Waals surface area contributed by atoms with Crippen LogP contribution in [0.15, 0.2) is 53.2 Å². The first-order valence-electron chi connectivity index (χ1n) is 7.45. The third-order valence-corrected chi connectivity index (χ3v) is 3.54. The topological polar surface area (TPSA) is 24.4 Å². The van der Waals surface area contributed by atoms with Crippen molar-refractivity contribution in [1.29, 1.82) is 0 Å². The van der Waals surface area contributed by atoms with Gasteiger partial charge in [0.25, 0.3) is 0 Å². The highest BCUT2D eigenvalue weighted by atomic mass is 19.1. The summed E-state index contributed by atoms with van der Waals surface area (Å²) in [5.41, 5.74) is 1.64. The molecule has 1 aliphatic rings. The molecule has 1 aromatic carbocycles. The minimum Gasteiger partial charge on any atom is -0.372 e. The van der Waals surface area contributed by atoms with E-state index in [1.807, 2.05) is 26.1 Å². The molecule has 0 spiro atoms. The first-order chi connectivity index (χ1) is 10.1. The average molecular weight is 286 g/mol. The van der Waals surface area contributed by atoms with Crippen molar-refractivity contribution in [3.63, 3.8) is 0 Å². The molecule has 1 unspecified atom stereocenters. The normalized spacial score (nSPS) is 19.1. The summed E-state index contributed by atoms with van der Waals surface area (Å²) in [5, 5.41) is 3.39. The number of hydrogen-bond acceptors (Lipinski definition) is 2. The van der Waals surface area contributed by atoms with Gasteiger partial charge in [-0.1, -0.05) is 18.2 Å². The van der Waals surface area contributed by atoms with Crippen molar-refractivity contribution in [1.82, 2.24) is 0 Å². The van der Waals surface area contributed by atoms with E-state index in [1.54, 1.807) is 12.1 Å². The number of halogens is 1. The summed E-state index contributed by atoms with van der Waals surface area (Å²) in [4.78, 5) is 4.66. The fraction of sp³-hybridized carbons (Fsp3) is 0.389. The summed E-state index contributed by atoms with van der Waals surface area (Å²) in [6.07, 6.45) is 10.5. The molecule has 112 valence electrons. The first-order valence-corrected chi connectivity index (χ1v) is 7.45. The van der Waals surface area contributed by atoms with Crippen molar-refractivity contribution < 1.29 is 4.39 Å². The second-order valence-corrected chi connectivity index (χ2v) is 5.66. The molecule has 1 atom stereocenters. The number of benzene rings is 1. The molecule has 0 aromatic heterocycles. The Morgan fingerprint density at radius 3 is 2.48 bits per heavy atom. The second kappa shape index (κ2) is 6.70. The van der Waals surface area contributed by atoms with Gasteiger partial charge in [0.1, 0.15) is 5.82 Å². The van der Waals surface area contributed by atoms with Crippen LogP contribution in [-0.2, 0) is 0 Å². The molecule has 1 aromatic rings. The van der Waals surface area contributed by atoms with Crippen molar-refractivity contribution in [2.24, 2.45) is 10.9 Å². The van der Waals surface area contributed by atoms with E-state index in [-0.39, 0.29) is 5.82 Å². The lowest BCUT2D eigenvalue weighted by Gasteiger charge is -2.24. The van der Waals surface area contributed by atoms with Gasteiger partial charge in [0.2, 0.25) is 0 Å². The van der Waals surface area contributed by atoms with Crippen molar-refractivity contribution in [2.45, 2.75) is 39.2 Å². The predicted octanol–water partition coefficient (Wildman–Crippen LogP) is 4.96. The molecule has 3 heteroatoms. The predicted molar refractivity (Wildman–Crippen MR) is 88.2 cm³/mol. The summed E-state index contributed by atoms with van der Waals surface area (Å²) in [6.45, 7) is 6.07. The van der Waals surface area contributed by atoms with E-state index in [2.05, 4.69) is 29.4 Å². The van der Waals surface area contributed by atoms with Crippen LogP contribution in [0, 0.1) is 11.7 Å². The molecule has 1 fully saturated rings. The summed E-state index contributed by atoms with van der Waals surface area (Å²) < 4.78 is 13.0. The number of hydrogen-bond donors (Lipinski definition) is 1. The fourth-order valence-electron chi connectivity index (χ4n) is 2.31. The van der Waals surface area contributed by atoms with Crippen LogP contribution in [-0.4, -0.2) is 11.8 Å². The smallest absolute Gasteiger partial charge is 0.123 e. The Morgan fingerprint density at radius 2 is 1.95 bits per heavy atom. The van der Waals surface area contributed by atoms with Crippen LogP contribution >= 0.6 is 0 Å². The largest absolute Gasteiger partial charge is 0.372 e.